The molecule has 0 radical (unpaired) electrons. The molecule has 0 aromatic heterocycles. The highest BCUT2D eigenvalue weighted by atomic mass is 16.7. The van der Waals surface area contributed by atoms with Crippen LogP contribution in [0.5, 0.6) is 0 Å². The van der Waals surface area contributed by atoms with Gasteiger partial charge in [0.1, 0.15) is 0 Å². The maximum absolute atomic E-state index is 6.61. The monoisotopic (exact) mass is 474 g/mol. The first-order chi connectivity index (χ1) is 16.3. The molecule has 0 amide bonds. The molecule has 2 aromatic rings. The molecule has 0 saturated carbocycles. The number of allylic oxidation sites excluding steroid dienone is 2. The van der Waals surface area contributed by atoms with E-state index in [0.717, 1.165) is 18.3 Å². The summed E-state index contributed by atoms with van der Waals surface area (Å²) in [7, 11) is -0.822. The molecule has 2 heterocycles. The fourth-order valence-corrected chi connectivity index (χ4v) is 4.59. The van der Waals surface area contributed by atoms with Crippen LogP contribution in [-0.4, -0.2) is 36.6 Å². The van der Waals surface area contributed by atoms with Crippen LogP contribution in [0.1, 0.15) is 66.5 Å². The van der Waals surface area contributed by atoms with Crippen molar-refractivity contribution in [1.29, 1.82) is 0 Å². The lowest BCUT2D eigenvalue weighted by atomic mass is 9.63. The number of rotatable bonds is 7. The molecule has 2 fully saturated rings. The van der Waals surface area contributed by atoms with Crippen LogP contribution in [0.4, 0.5) is 0 Å². The van der Waals surface area contributed by atoms with Crippen molar-refractivity contribution in [1.82, 2.24) is 0 Å². The Morgan fingerprint density at radius 1 is 0.571 bits per heavy atom. The summed E-state index contributed by atoms with van der Waals surface area (Å²) in [5.41, 5.74) is 3.30. The summed E-state index contributed by atoms with van der Waals surface area (Å²) >= 11 is 0. The number of hydrogen-bond acceptors (Lipinski definition) is 4. The van der Waals surface area contributed by atoms with Crippen molar-refractivity contribution in [2.45, 2.75) is 97.0 Å². The van der Waals surface area contributed by atoms with E-state index >= 15 is 0 Å². The maximum Gasteiger partial charge on any atom is 0.490 e. The summed E-state index contributed by atoms with van der Waals surface area (Å²) in [5.74, 6) is 0. The quantitative estimate of drug-likeness (QED) is 0.430. The Bertz CT molecular complexity index is 969. The Morgan fingerprint density at radius 3 is 1.34 bits per heavy atom. The summed E-state index contributed by atoms with van der Waals surface area (Å²) in [6.45, 7) is 16.8. The van der Waals surface area contributed by atoms with Crippen LogP contribution in [0.2, 0.25) is 6.32 Å². The van der Waals surface area contributed by atoms with Gasteiger partial charge in [-0.05, 0) is 84.8 Å². The van der Waals surface area contributed by atoms with Crippen LogP contribution in [0, 0.1) is 0 Å². The molecule has 4 rings (SSSR count). The van der Waals surface area contributed by atoms with Crippen LogP contribution in [-0.2, 0) is 31.5 Å². The lowest BCUT2D eigenvalue weighted by Crippen LogP contribution is -2.41. The van der Waals surface area contributed by atoms with E-state index in [1.807, 2.05) is 0 Å². The third-order valence-electron chi connectivity index (χ3n) is 8.20. The Kier molecular flexibility index (Phi) is 7.16. The van der Waals surface area contributed by atoms with Gasteiger partial charge in [0, 0.05) is 6.32 Å². The van der Waals surface area contributed by atoms with Crippen molar-refractivity contribution in [2.24, 2.45) is 0 Å². The van der Waals surface area contributed by atoms with Gasteiger partial charge < -0.3 is 18.6 Å². The van der Waals surface area contributed by atoms with E-state index in [4.69, 9.17) is 18.6 Å². The van der Waals surface area contributed by atoms with Crippen molar-refractivity contribution in [3.8, 4) is 0 Å². The first kappa shape index (κ1) is 26.2. The first-order valence-corrected chi connectivity index (χ1v) is 12.8. The summed E-state index contributed by atoms with van der Waals surface area (Å²) in [6, 6.07) is 21.2. The van der Waals surface area contributed by atoms with Crippen molar-refractivity contribution in [3.05, 3.63) is 82.8 Å². The average Bonchev–Trinajstić information content (AvgIpc) is 3.11. The molecule has 35 heavy (non-hydrogen) atoms. The van der Waals surface area contributed by atoms with Gasteiger partial charge in [0.25, 0.3) is 0 Å². The normalized spacial score (nSPS) is 21.8. The molecule has 4 nitrogen and oxygen atoms in total. The highest BCUT2D eigenvalue weighted by molar-refractivity contribution is 6.59. The van der Waals surface area contributed by atoms with E-state index in [2.05, 4.69) is 116 Å². The topological polar surface area (TPSA) is 36.9 Å². The molecule has 2 saturated heterocycles. The van der Waals surface area contributed by atoms with Crippen LogP contribution in [0.3, 0.4) is 0 Å². The zero-order valence-corrected chi connectivity index (χ0v) is 22.7. The van der Waals surface area contributed by atoms with Crippen molar-refractivity contribution in [3.63, 3.8) is 0 Å². The Morgan fingerprint density at radius 2 is 0.943 bits per heavy atom. The van der Waals surface area contributed by atoms with Gasteiger partial charge in [-0.15, -0.1) is 0 Å². The predicted octanol–water partition coefficient (Wildman–Crippen LogP) is 6.49. The summed E-state index contributed by atoms with van der Waals surface area (Å²) in [5, 5.41) is 0. The second-order valence-corrected chi connectivity index (χ2v) is 11.9. The number of benzene rings is 2. The van der Waals surface area contributed by atoms with E-state index in [1.54, 1.807) is 0 Å². The third kappa shape index (κ3) is 5.61. The SMILES string of the molecule is CC1(C)OB(CC(B2OC(C)(C)C(C)(C)O2)=C(Cc2ccccc2)Cc2ccccc2)OC1(C)C. The van der Waals surface area contributed by atoms with E-state index in [-0.39, 0.29) is 7.12 Å². The smallest absolute Gasteiger partial charge is 0.403 e. The molecule has 2 aliphatic rings. The summed E-state index contributed by atoms with van der Waals surface area (Å²) < 4.78 is 26.1. The van der Waals surface area contributed by atoms with Gasteiger partial charge in [-0.2, -0.15) is 0 Å². The molecule has 0 aliphatic carbocycles. The van der Waals surface area contributed by atoms with Gasteiger partial charge in [-0.3, -0.25) is 0 Å². The van der Waals surface area contributed by atoms with Crippen molar-refractivity contribution in [2.75, 3.05) is 0 Å². The third-order valence-corrected chi connectivity index (χ3v) is 8.20. The van der Waals surface area contributed by atoms with E-state index in [1.165, 1.54) is 16.7 Å². The van der Waals surface area contributed by atoms with Crippen molar-refractivity contribution >= 4 is 14.2 Å². The van der Waals surface area contributed by atoms with Gasteiger partial charge in [-0.1, -0.05) is 66.2 Å². The minimum Gasteiger partial charge on any atom is -0.403 e. The van der Waals surface area contributed by atoms with E-state index in [9.17, 15) is 0 Å². The summed E-state index contributed by atoms with van der Waals surface area (Å²) in [4.78, 5) is 0. The van der Waals surface area contributed by atoms with Crippen LogP contribution in [0.25, 0.3) is 0 Å². The molecular weight excluding hydrogens is 434 g/mol. The largest absolute Gasteiger partial charge is 0.490 e. The second-order valence-electron chi connectivity index (χ2n) is 11.9. The average molecular weight is 474 g/mol. The molecule has 2 aliphatic heterocycles. The lowest BCUT2D eigenvalue weighted by molar-refractivity contribution is 0.00578. The molecule has 0 bridgehead atoms. The standard InChI is InChI=1S/C29H40B2O4/c1-26(2)27(3,4)33-30(32-26)21-25(31-34-28(5,6)29(7,8)35-31)24(19-22-15-11-9-12-16-22)20-23-17-13-10-14-18-23/h9-18H,19-21H2,1-8H3. The minimum absolute atomic E-state index is 0.365. The second kappa shape index (κ2) is 9.55. The number of hydrogen-bond donors (Lipinski definition) is 0. The van der Waals surface area contributed by atoms with Gasteiger partial charge in [-0.25, -0.2) is 0 Å². The molecule has 2 aromatic carbocycles. The van der Waals surface area contributed by atoms with Gasteiger partial charge >= 0.3 is 14.2 Å². The molecule has 186 valence electrons. The van der Waals surface area contributed by atoms with Crippen LogP contribution < -0.4 is 0 Å². The highest BCUT2D eigenvalue weighted by Crippen LogP contribution is 2.43. The maximum atomic E-state index is 6.61. The van der Waals surface area contributed by atoms with Crippen LogP contribution in [0.15, 0.2) is 71.7 Å². The minimum atomic E-state index is -0.457. The Balaban J connectivity index is 1.77. The molecular formula is C29H40B2O4. The van der Waals surface area contributed by atoms with Crippen molar-refractivity contribution < 1.29 is 18.6 Å². The first-order valence-electron chi connectivity index (χ1n) is 12.8. The summed E-state index contributed by atoms with van der Waals surface area (Å²) in [6.07, 6.45) is 2.22. The van der Waals surface area contributed by atoms with Crippen LogP contribution >= 0.6 is 0 Å². The molecule has 0 spiro atoms. The molecule has 0 N–H and O–H groups in total. The lowest BCUT2D eigenvalue weighted by Gasteiger charge is -2.32. The predicted molar refractivity (Wildman–Crippen MR) is 144 cm³/mol. The molecule has 0 unspecified atom stereocenters. The fraction of sp³-hybridized carbons (Fsp3) is 0.517. The van der Waals surface area contributed by atoms with E-state index < -0.39 is 29.5 Å². The molecule has 0 atom stereocenters. The Hall–Kier alpha value is -1.85. The van der Waals surface area contributed by atoms with Gasteiger partial charge in [0.2, 0.25) is 0 Å². The zero-order valence-electron chi connectivity index (χ0n) is 22.7. The van der Waals surface area contributed by atoms with Gasteiger partial charge in [0.15, 0.2) is 0 Å². The van der Waals surface area contributed by atoms with Gasteiger partial charge in [0.05, 0.1) is 22.4 Å². The molecule has 6 heteroatoms. The fourth-order valence-electron chi connectivity index (χ4n) is 4.59. The highest BCUT2D eigenvalue weighted by Gasteiger charge is 2.56. The zero-order chi connectivity index (χ0) is 25.5. The van der Waals surface area contributed by atoms with E-state index in [0.29, 0.717) is 6.32 Å². The Labute approximate surface area is 212 Å².